The summed E-state index contributed by atoms with van der Waals surface area (Å²) in [5.74, 6) is -0.264. The Morgan fingerprint density at radius 2 is 1.36 bits per heavy atom. The lowest BCUT2D eigenvalue weighted by Crippen LogP contribution is -2.19. The number of benzene rings is 3. The number of rotatable bonds is 4. The Bertz CT molecular complexity index is 883. The normalized spacial score (nSPS) is 11.2. The molecule has 0 saturated heterocycles. The molecule has 3 aromatic carbocycles. The first-order chi connectivity index (χ1) is 12.1. The summed E-state index contributed by atoms with van der Waals surface area (Å²) in [5, 5.41) is 4.18. The van der Waals surface area contributed by atoms with Crippen molar-refractivity contribution in [2.75, 3.05) is 5.73 Å². The molecule has 1 amide bonds. The second-order valence-electron chi connectivity index (χ2n) is 5.70. The second-order valence-corrected chi connectivity index (χ2v) is 5.70. The van der Waals surface area contributed by atoms with E-state index in [1.54, 1.807) is 24.3 Å². The van der Waals surface area contributed by atoms with Gasteiger partial charge in [0.15, 0.2) is 0 Å². The van der Waals surface area contributed by atoms with E-state index in [0.29, 0.717) is 11.3 Å². The van der Waals surface area contributed by atoms with E-state index in [1.807, 2.05) is 49.4 Å². The van der Waals surface area contributed by atoms with Crippen molar-refractivity contribution < 1.29 is 4.79 Å². The van der Waals surface area contributed by atoms with Crippen LogP contribution in [0.1, 0.15) is 22.8 Å². The monoisotopic (exact) mass is 329 g/mol. The molecule has 4 heteroatoms. The van der Waals surface area contributed by atoms with Crippen LogP contribution in [0.3, 0.4) is 0 Å². The lowest BCUT2D eigenvalue weighted by molar-refractivity contribution is 0.0955. The summed E-state index contributed by atoms with van der Waals surface area (Å²) in [5.41, 5.74) is 13.3. The van der Waals surface area contributed by atoms with Gasteiger partial charge in [0.25, 0.3) is 5.91 Å². The zero-order valence-corrected chi connectivity index (χ0v) is 13.9. The molecule has 0 aliphatic carbocycles. The Hall–Kier alpha value is -3.40. The first-order valence-electron chi connectivity index (χ1n) is 7.99. The van der Waals surface area contributed by atoms with Gasteiger partial charge in [0.2, 0.25) is 0 Å². The molecule has 0 spiro atoms. The number of hydrazone groups is 1. The Morgan fingerprint density at radius 3 is 2.00 bits per heavy atom. The number of carbonyl (C=O) groups is 1. The highest BCUT2D eigenvalue weighted by Gasteiger charge is 2.05. The number of carbonyl (C=O) groups excluding carboxylic acids is 1. The highest BCUT2D eigenvalue weighted by molar-refractivity contribution is 6.01. The second kappa shape index (κ2) is 7.45. The molecule has 0 atom stereocenters. The fourth-order valence-electron chi connectivity index (χ4n) is 2.43. The summed E-state index contributed by atoms with van der Waals surface area (Å²) in [6.45, 7) is 1.86. The first kappa shape index (κ1) is 16.5. The number of hydrogen-bond acceptors (Lipinski definition) is 3. The van der Waals surface area contributed by atoms with Crippen LogP contribution in [0, 0.1) is 0 Å². The molecule has 0 heterocycles. The zero-order valence-electron chi connectivity index (χ0n) is 13.9. The summed E-state index contributed by atoms with van der Waals surface area (Å²) in [4.78, 5) is 12.1. The van der Waals surface area contributed by atoms with Crippen LogP contribution in [-0.4, -0.2) is 11.6 Å². The summed E-state index contributed by atoms with van der Waals surface area (Å²) in [6.07, 6.45) is 0. The quantitative estimate of drug-likeness (QED) is 0.430. The molecule has 3 aromatic rings. The van der Waals surface area contributed by atoms with E-state index in [0.717, 1.165) is 16.8 Å². The van der Waals surface area contributed by atoms with E-state index in [1.165, 1.54) is 5.56 Å². The number of nitrogens with zero attached hydrogens (tertiary/aromatic N) is 1. The minimum atomic E-state index is -0.264. The van der Waals surface area contributed by atoms with E-state index in [4.69, 9.17) is 5.73 Å². The van der Waals surface area contributed by atoms with Gasteiger partial charge in [-0.25, -0.2) is 5.43 Å². The molecule has 25 heavy (non-hydrogen) atoms. The fourth-order valence-corrected chi connectivity index (χ4v) is 2.43. The third kappa shape index (κ3) is 4.12. The SMILES string of the molecule is CC(=NNC(=O)c1ccc(N)cc1)c1ccc(-c2ccccc2)cc1. The van der Waals surface area contributed by atoms with Crippen molar-refractivity contribution in [1.82, 2.24) is 5.43 Å². The molecule has 3 N–H and O–H groups in total. The van der Waals surface area contributed by atoms with Gasteiger partial charge in [-0.1, -0.05) is 54.6 Å². The predicted molar refractivity (Wildman–Crippen MR) is 102 cm³/mol. The van der Waals surface area contributed by atoms with Crippen molar-refractivity contribution in [1.29, 1.82) is 0 Å². The fraction of sp³-hybridized carbons (Fsp3) is 0.0476. The van der Waals surface area contributed by atoms with E-state index < -0.39 is 0 Å². The van der Waals surface area contributed by atoms with Crippen LogP contribution in [0.5, 0.6) is 0 Å². The highest BCUT2D eigenvalue weighted by Crippen LogP contribution is 2.19. The summed E-state index contributed by atoms with van der Waals surface area (Å²) in [7, 11) is 0. The average Bonchev–Trinajstić information content (AvgIpc) is 2.67. The molecule has 0 aliphatic heterocycles. The third-order valence-corrected chi connectivity index (χ3v) is 3.91. The van der Waals surface area contributed by atoms with Gasteiger partial charge in [0, 0.05) is 11.3 Å². The maximum absolute atomic E-state index is 12.1. The molecular weight excluding hydrogens is 310 g/mol. The number of anilines is 1. The molecular formula is C21H19N3O. The van der Waals surface area contributed by atoms with Crippen LogP contribution in [-0.2, 0) is 0 Å². The van der Waals surface area contributed by atoms with Crippen molar-refractivity contribution >= 4 is 17.3 Å². The van der Waals surface area contributed by atoms with E-state index >= 15 is 0 Å². The van der Waals surface area contributed by atoms with Crippen LogP contribution >= 0.6 is 0 Å². The smallest absolute Gasteiger partial charge is 0.271 e. The van der Waals surface area contributed by atoms with Crippen LogP contribution in [0.25, 0.3) is 11.1 Å². The van der Waals surface area contributed by atoms with Gasteiger partial charge < -0.3 is 5.73 Å². The molecule has 0 saturated carbocycles. The standard InChI is InChI=1S/C21H19N3O/c1-15(23-24-21(25)19-11-13-20(22)14-12-19)16-7-9-18(10-8-16)17-5-3-2-4-6-17/h2-14H,22H2,1H3,(H,24,25). The van der Waals surface area contributed by atoms with E-state index in [9.17, 15) is 4.79 Å². The number of nitrogens with two attached hydrogens (primary N) is 1. The van der Waals surface area contributed by atoms with Gasteiger partial charge in [-0.3, -0.25) is 4.79 Å². The van der Waals surface area contributed by atoms with Gasteiger partial charge in [0.1, 0.15) is 0 Å². The maximum atomic E-state index is 12.1. The van der Waals surface area contributed by atoms with Crippen LogP contribution in [0.15, 0.2) is 84.0 Å². The van der Waals surface area contributed by atoms with Gasteiger partial charge in [0.05, 0.1) is 5.71 Å². The largest absolute Gasteiger partial charge is 0.399 e. The van der Waals surface area contributed by atoms with Crippen LogP contribution < -0.4 is 11.2 Å². The molecule has 3 rings (SSSR count). The van der Waals surface area contributed by atoms with E-state index in [2.05, 4.69) is 22.7 Å². The number of hydrogen-bond donors (Lipinski definition) is 2. The van der Waals surface area contributed by atoms with Crippen molar-refractivity contribution in [2.24, 2.45) is 5.10 Å². The summed E-state index contributed by atoms with van der Waals surface area (Å²) in [6, 6.07) is 25.0. The predicted octanol–water partition coefficient (Wildman–Crippen LogP) is 4.09. The average molecular weight is 329 g/mol. The molecule has 0 unspecified atom stereocenters. The zero-order chi connectivity index (χ0) is 17.6. The Labute approximate surface area is 147 Å². The highest BCUT2D eigenvalue weighted by atomic mass is 16.2. The summed E-state index contributed by atoms with van der Waals surface area (Å²) >= 11 is 0. The van der Waals surface area contributed by atoms with Crippen LogP contribution in [0.2, 0.25) is 0 Å². The lowest BCUT2D eigenvalue weighted by atomic mass is 10.0. The minimum absolute atomic E-state index is 0.264. The van der Waals surface area contributed by atoms with Crippen molar-refractivity contribution in [3.05, 3.63) is 90.0 Å². The van der Waals surface area contributed by atoms with Gasteiger partial charge >= 0.3 is 0 Å². The van der Waals surface area contributed by atoms with Crippen molar-refractivity contribution in [3.63, 3.8) is 0 Å². The first-order valence-corrected chi connectivity index (χ1v) is 7.99. The lowest BCUT2D eigenvalue weighted by Gasteiger charge is -2.05. The molecule has 124 valence electrons. The third-order valence-electron chi connectivity index (χ3n) is 3.91. The van der Waals surface area contributed by atoms with Gasteiger partial charge in [-0.15, -0.1) is 0 Å². The molecule has 0 fully saturated rings. The van der Waals surface area contributed by atoms with Crippen molar-refractivity contribution in [3.8, 4) is 11.1 Å². The van der Waals surface area contributed by atoms with Gasteiger partial charge in [-0.2, -0.15) is 5.10 Å². The molecule has 0 bridgehead atoms. The van der Waals surface area contributed by atoms with Crippen LogP contribution in [0.4, 0.5) is 5.69 Å². The Balaban J connectivity index is 1.70. The number of nitrogens with one attached hydrogen (secondary N) is 1. The topological polar surface area (TPSA) is 67.5 Å². The molecule has 0 aromatic heterocycles. The summed E-state index contributed by atoms with van der Waals surface area (Å²) < 4.78 is 0. The molecule has 0 radical (unpaired) electrons. The maximum Gasteiger partial charge on any atom is 0.271 e. The van der Waals surface area contributed by atoms with Crippen molar-refractivity contribution in [2.45, 2.75) is 6.92 Å². The number of nitrogen functional groups attached to an aromatic ring is 1. The Morgan fingerprint density at radius 1 is 0.800 bits per heavy atom. The van der Waals surface area contributed by atoms with Gasteiger partial charge in [-0.05, 0) is 47.9 Å². The minimum Gasteiger partial charge on any atom is -0.399 e. The number of amides is 1. The molecule has 0 aliphatic rings. The molecule has 4 nitrogen and oxygen atoms in total. The van der Waals surface area contributed by atoms with E-state index in [-0.39, 0.29) is 5.91 Å². The Kier molecular flexibility index (Phi) is 4.90.